The molecular weight excluding hydrogens is 222 g/mol. The van der Waals surface area contributed by atoms with Crippen molar-refractivity contribution in [2.45, 2.75) is 20.3 Å². The summed E-state index contributed by atoms with van der Waals surface area (Å²) in [6.07, 6.45) is 1.29. The van der Waals surface area contributed by atoms with Gasteiger partial charge in [-0.1, -0.05) is 6.92 Å². The predicted molar refractivity (Wildman–Crippen MR) is 74.6 cm³/mol. The Morgan fingerprint density at radius 2 is 2.33 bits per heavy atom. The molecule has 3 heteroatoms. The van der Waals surface area contributed by atoms with Gasteiger partial charge in [0, 0.05) is 18.8 Å². The Kier molecular flexibility index (Phi) is 4.22. The average Bonchev–Trinajstić information content (AvgIpc) is 2.85. The molecule has 0 spiro atoms. The highest BCUT2D eigenvalue weighted by molar-refractivity contribution is 5.54. The van der Waals surface area contributed by atoms with Crippen LogP contribution in [0.15, 0.2) is 18.2 Å². The lowest BCUT2D eigenvalue weighted by Gasteiger charge is -2.15. The molecule has 1 heterocycles. The van der Waals surface area contributed by atoms with E-state index in [-0.39, 0.29) is 0 Å². The Morgan fingerprint density at radius 3 is 2.94 bits per heavy atom. The predicted octanol–water partition coefficient (Wildman–Crippen LogP) is 2.62. The number of hydrogen-bond donors (Lipinski definition) is 1. The Hall–Kier alpha value is -1.53. The van der Waals surface area contributed by atoms with Gasteiger partial charge in [0.25, 0.3) is 0 Å². The third-order valence-corrected chi connectivity index (χ3v) is 3.75. The van der Waals surface area contributed by atoms with Crippen LogP contribution in [0, 0.1) is 24.2 Å². The van der Waals surface area contributed by atoms with Crippen molar-refractivity contribution in [1.29, 1.82) is 5.26 Å². The molecule has 0 amide bonds. The van der Waals surface area contributed by atoms with Crippen molar-refractivity contribution in [2.24, 2.45) is 5.92 Å². The zero-order valence-electron chi connectivity index (χ0n) is 11.2. The van der Waals surface area contributed by atoms with E-state index in [0.717, 1.165) is 35.8 Å². The van der Waals surface area contributed by atoms with Gasteiger partial charge >= 0.3 is 0 Å². The second-order valence-electron chi connectivity index (χ2n) is 5.07. The third-order valence-electron chi connectivity index (χ3n) is 3.75. The van der Waals surface area contributed by atoms with Gasteiger partial charge < -0.3 is 10.2 Å². The maximum absolute atomic E-state index is 8.84. The van der Waals surface area contributed by atoms with E-state index in [4.69, 9.17) is 5.26 Å². The fourth-order valence-electron chi connectivity index (χ4n) is 2.55. The molecule has 1 aromatic rings. The topological polar surface area (TPSA) is 39.1 Å². The van der Waals surface area contributed by atoms with Gasteiger partial charge in [0.15, 0.2) is 0 Å². The standard InChI is InChI=1S/C15H21N3/c1-3-18-7-6-14(11-18)10-17-15-5-4-13(9-16)8-12(15)2/h4-5,8,14,17H,3,6-7,10-11H2,1-2H3. The lowest BCUT2D eigenvalue weighted by molar-refractivity contribution is 0.345. The molecule has 0 bridgehead atoms. The lowest BCUT2D eigenvalue weighted by Crippen LogP contribution is -2.22. The minimum absolute atomic E-state index is 0.732. The van der Waals surface area contributed by atoms with Crippen molar-refractivity contribution in [3.8, 4) is 6.07 Å². The SMILES string of the molecule is CCN1CCC(CNc2ccc(C#N)cc2C)C1. The van der Waals surface area contributed by atoms with Gasteiger partial charge in [-0.2, -0.15) is 5.26 Å². The molecule has 0 aliphatic carbocycles. The van der Waals surface area contributed by atoms with Gasteiger partial charge in [-0.15, -0.1) is 0 Å². The van der Waals surface area contributed by atoms with Crippen LogP contribution in [0.3, 0.4) is 0 Å². The van der Waals surface area contributed by atoms with Gasteiger partial charge in [0.1, 0.15) is 0 Å². The molecule has 0 aromatic heterocycles. The molecule has 1 fully saturated rings. The monoisotopic (exact) mass is 243 g/mol. The van der Waals surface area contributed by atoms with Gasteiger partial charge in [-0.25, -0.2) is 0 Å². The Bertz CT molecular complexity index is 448. The zero-order valence-corrected chi connectivity index (χ0v) is 11.2. The van der Waals surface area contributed by atoms with Crippen molar-refractivity contribution in [1.82, 2.24) is 4.90 Å². The molecule has 0 saturated carbocycles. The van der Waals surface area contributed by atoms with Crippen molar-refractivity contribution in [3.05, 3.63) is 29.3 Å². The summed E-state index contributed by atoms with van der Waals surface area (Å²) in [7, 11) is 0. The van der Waals surface area contributed by atoms with Gasteiger partial charge in [-0.05, 0) is 56.1 Å². The van der Waals surface area contributed by atoms with E-state index in [0.29, 0.717) is 0 Å². The summed E-state index contributed by atoms with van der Waals surface area (Å²) in [6.45, 7) is 8.90. The number of nitrogens with zero attached hydrogens (tertiary/aromatic N) is 2. The maximum Gasteiger partial charge on any atom is 0.0991 e. The van der Waals surface area contributed by atoms with Crippen LogP contribution in [-0.4, -0.2) is 31.1 Å². The number of nitrogens with one attached hydrogen (secondary N) is 1. The molecule has 1 aliphatic rings. The van der Waals surface area contributed by atoms with E-state index in [9.17, 15) is 0 Å². The molecule has 1 saturated heterocycles. The summed E-state index contributed by atoms with van der Waals surface area (Å²) in [5.74, 6) is 0.750. The molecular formula is C15H21N3. The van der Waals surface area contributed by atoms with Gasteiger partial charge in [-0.3, -0.25) is 0 Å². The minimum Gasteiger partial charge on any atom is -0.385 e. The fraction of sp³-hybridized carbons (Fsp3) is 0.533. The highest BCUT2D eigenvalue weighted by Gasteiger charge is 2.20. The molecule has 0 radical (unpaired) electrons. The molecule has 96 valence electrons. The van der Waals surface area contributed by atoms with Crippen LogP contribution in [-0.2, 0) is 0 Å². The number of aryl methyl sites for hydroxylation is 1. The summed E-state index contributed by atoms with van der Waals surface area (Å²) < 4.78 is 0. The molecule has 1 unspecified atom stereocenters. The van der Waals surface area contributed by atoms with E-state index < -0.39 is 0 Å². The Labute approximate surface area is 109 Å². The van der Waals surface area contributed by atoms with Crippen molar-refractivity contribution in [3.63, 3.8) is 0 Å². The van der Waals surface area contributed by atoms with Gasteiger partial charge in [0.2, 0.25) is 0 Å². The molecule has 18 heavy (non-hydrogen) atoms. The van der Waals surface area contributed by atoms with Crippen LogP contribution in [0.5, 0.6) is 0 Å². The normalized spacial score (nSPS) is 19.7. The van der Waals surface area contributed by atoms with Crippen LogP contribution < -0.4 is 5.32 Å². The quantitative estimate of drug-likeness (QED) is 0.883. The first-order chi connectivity index (χ1) is 8.72. The van der Waals surface area contributed by atoms with Gasteiger partial charge in [0.05, 0.1) is 11.6 Å². The molecule has 2 rings (SSSR count). The first-order valence-electron chi connectivity index (χ1n) is 6.70. The van der Waals surface area contributed by atoms with E-state index in [1.54, 1.807) is 0 Å². The molecule has 1 atom stereocenters. The number of nitriles is 1. The first-order valence-corrected chi connectivity index (χ1v) is 6.70. The number of rotatable bonds is 4. The lowest BCUT2D eigenvalue weighted by atomic mass is 10.1. The average molecular weight is 243 g/mol. The van der Waals surface area contributed by atoms with E-state index in [1.807, 2.05) is 18.2 Å². The number of benzene rings is 1. The third kappa shape index (κ3) is 3.02. The minimum atomic E-state index is 0.732. The first kappa shape index (κ1) is 12.9. The van der Waals surface area contributed by atoms with Crippen LogP contribution in [0.1, 0.15) is 24.5 Å². The summed E-state index contributed by atoms with van der Waals surface area (Å²) in [5.41, 5.74) is 3.04. The second kappa shape index (κ2) is 5.88. The molecule has 1 aromatic carbocycles. The van der Waals surface area contributed by atoms with Crippen LogP contribution in [0.2, 0.25) is 0 Å². The summed E-state index contributed by atoms with van der Waals surface area (Å²) in [6, 6.07) is 8.00. The van der Waals surface area contributed by atoms with Crippen molar-refractivity contribution >= 4 is 5.69 Å². The van der Waals surface area contributed by atoms with E-state index in [2.05, 4.69) is 30.1 Å². The van der Waals surface area contributed by atoms with Crippen molar-refractivity contribution < 1.29 is 0 Å². The fourth-order valence-corrected chi connectivity index (χ4v) is 2.55. The summed E-state index contributed by atoms with van der Waals surface area (Å²) >= 11 is 0. The number of likely N-dealkylation sites (tertiary alicyclic amines) is 1. The highest BCUT2D eigenvalue weighted by Crippen LogP contribution is 2.20. The summed E-state index contributed by atoms with van der Waals surface area (Å²) in [5, 5.41) is 12.4. The number of anilines is 1. The van der Waals surface area contributed by atoms with Crippen LogP contribution in [0.4, 0.5) is 5.69 Å². The Balaban J connectivity index is 1.89. The highest BCUT2D eigenvalue weighted by atomic mass is 15.1. The second-order valence-corrected chi connectivity index (χ2v) is 5.07. The zero-order chi connectivity index (χ0) is 13.0. The van der Waals surface area contributed by atoms with Crippen LogP contribution >= 0.6 is 0 Å². The largest absolute Gasteiger partial charge is 0.385 e. The smallest absolute Gasteiger partial charge is 0.0991 e. The Morgan fingerprint density at radius 1 is 1.50 bits per heavy atom. The maximum atomic E-state index is 8.84. The molecule has 1 N–H and O–H groups in total. The summed E-state index contributed by atoms with van der Waals surface area (Å²) in [4.78, 5) is 2.50. The van der Waals surface area contributed by atoms with E-state index in [1.165, 1.54) is 19.5 Å². The van der Waals surface area contributed by atoms with Crippen molar-refractivity contribution in [2.75, 3.05) is 31.5 Å². The van der Waals surface area contributed by atoms with Crippen LogP contribution in [0.25, 0.3) is 0 Å². The molecule has 3 nitrogen and oxygen atoms in total. The number of hydrogen-bond acceptors (Lipinski definition) is 3. The molecule has 1 aliphatic heterocycles. The van der Waals surface area contributed by atoms with E-state index >= 15 is 0 Å².